The first-order valence-corrected chi connectivity index (χ1v) is 11.7. The third-order valence-corrected chi connectivity index (χ3v) is 6.06. The van der Waals surface area contributed by atoms with E-state index in [1.807, 2.05) is 36.4 Å². The zero-order chi connectivity index (χ0) is 25.8. The summed E-state index contributed by atoms with van der Waals surface area (Å²) in [6.45, 7) is 8.62. The summed E-state index contributed by atoms with van der Waals surface area (Å²) in [6, 6.07) is 17.4. The minimum absolute atomic E-state index is 0.0581. The maximum atomic E-state index is 13.0. The number of hydrogen-bond donors (Lipinski definition) is 0. The Morgan fingerprint density at radius 3 is 1.89 bits per heavy atom. The third-order valence-electron chi connectivity index (χ3n) is 6.06. The molecule has 1 atom stereocenters. The zero-order valence-corrected chi connectivity index (χ0v) is 20.1. The molecule has 0 spiro atoms. The molecule has 1 unspecified atom stereocenters. The molecule has 0 aliphatic heterocycles. The topological polar surface area (TPSA) is 92.3 Å². The fourth-order valence-corrected chi connectivity index (χ4v) is 4.15. The number of nitrogens with zero attached hydrogens (tertiary/aromatic N) is 3. The molecule has 1 heterocycles. The van der Waals surface area contributed by atoms with Crippen LogP contribution in [0.2, 0.25) is 0 Å². The molecule has 8 nitrogen and oxygen atoms in total. The number of esters is 1. The molecule has 0 saturated heterocycles. The Balaban J connectivity index is 1.64. The molecule has 4 aromatic rings. The van der Waals surface area contributed by atoms with Crippen LogP contribution in [0.4, 0.5) is 0 Å². The Bertz CT molecular complexity index is 1610. The summed E-state index contributed by atoms with van der Waals surface area (Å²) in [4.78, 5) is 51.4. The zero-order valence-electron chi connectivity index (χ0n) is 20.1. The van der Waals surface area contributed by atoms with Crippen LogP contribution < -0.4 is 17.1 Å². The lowest BCUT2D eigenvalue weighted by molar-refractivity contribution is 0.0242. The highest BCUT2D eigenvalue weighted by Crippen LogP contribution is 2.24. The average molecular weight is 486 g/mol. The Kier molecular flexibility index (Phi) is 7.15. The first-order chi connectivity index (χ1) is 17.4. The lowest BCUT2D eigenvalue weighted by atomic mass is 10.0. The van der Waals surface area contributed by atoms with Crippen molar-refractivity contribution in [1.29, 1.82) is 0 Å². The van der Waals surface area contributed by atoms with Gasteiger partial charge in [-0.05, 0) is 52.2 Å². The molecule has 8 heteroatoms. The van der Waals surface area contributed by atoms with E-state index in [-0.39, 0.29) is 19.6 Å². The van der Waals surface area contributed by atoms with Crippen molar-refractivity contribution >= 4 is 27.5 Å². The Labute approximate surface area is 207 Å². The van der Waals surface area contributed by atoms with Gasteiger partial charge in [-0.1, -0.05) is 49.4 Å². The number of allylic oxidation sites excluding steroid dienone is 2. The molecule has 0 fully saturated rings. The van der Waals surface area contributed by atoms with Crippen LogP contribution in [0.3, 0.4) is 0 Å². The number of fused-ring (bicyclic) bond motifs is 2. The van der Waals surface area contributed by atoms with E-state index in [4.69, 9.17) is 4.74 Å². The van der Waals surface area contributed by atoms with Crippen LogP contribution in [-0.4, -0.2) is 25.8 Å². The first kappa shape index (κ1) is 24.7. The van der Waals surface area contributed by atoms with Gasteiger partial charge in [0.1, 0.15) is 6.10 Å². The lowest BCUT2D eigenvalue weighted by Gasteiger charge is -2.19. The number of benzene rings is 3. The van der Waals surface area contributed by atoms with Gasteiger partial charge in [-0.15, -0.1) is 13.2 Å². The van der Waals surface area contributed by atoms with Gasteiger partial charge in [0, 0.05) is 0 Å². The molecule has 0 N–H and O–H groups in total. The largest absolute Gasteiger partial charge is 0.457 e. The summed E-state index contributed by atoms with van der Waals surface area (Å²) < 4.78 is 8.44. The quantitative estimate of drug-likeness (QED) is 0.206. The second-order valence-corrected chi connectivity index (χ2v) is 8.45. The van der Waals surface area contributed by atoms with E-state index in [2.05, 4.69) is 19.2 Å². The smallest absolute Gasteiger partial charge is 0.338 e. The van der Waals surface area contributed by atoms with Crippen molar-refractivity contribution in [2.24, 2.45) is 0 Å². The summed E-state index contributed by atoms with van der Waals surface area (Å²) in [5.41, 5.74) is -1.94. The van der Waals surface area contributed by atoms with Gasteiger partial charge in [0.2, 0.25) is 0 Å². The van der Waals surface area contributed by atoms with E-state index >= 15 is 0 Å². The summed E-state index contributed by atoms with van der Waals surface area (Å²) >= 11 is 0. The van der Waals surface area contributed by atoms with E-state index in [0.717, 1.165) is 35.2 Å². The average Bonchev–Trinajstić information content (AvgIpc) is 2.89. The van der Waals surface area contributed by atoms with E-state index in [1.54, 1.807) is 19.1 Å². The highest BCUT2D eigenvalue weighted by atomic mass is 16.5. The van der Waals surface area contributed by atoms with Gasteiger partial charge >= 0.3 is 23.0 Å². The van der Waals surface area contributed by atoms with Crippen LogP contribution in [0.5, 0.6) is 0 Å². The van der Waals surface area contributed by atoms with Crippen molar-refractivity contribution in [2.75, 3.05) is 0 Å². The predicted octanol–water partition coefficient (Wildman–Crippen LogP) is 3.49. The number of aromatic nitrogens is 3. The van der Waals surface area contributed by atoms with E-state index < -0.39 is 29.1 Å². The van der Waals surface area contributed by atoms with E-state index in [0.29, 0.717) is 12.0 Å². The van der Waals surface area contributed by atoms with Crippen LogP contribution >= 0.6 is 0 Å². The Morgan fingerprint density at radius 1 is 0.806 bits per heavy atom. The minimum Gasteiger partial charge on any atom is -0.457 e. The molecule has 3 aromatic carbocycles. The molecule has 0 bridgehead atoms. The molecule has 36 heavy (non-hydrogen) atoms. The normalized spacial score (nSPS) is 11.9. The number of hydrogen-bond acceptors (Lipinski definition) is 5. The maximum Gasteiger partial charge on any atom is 0.338 e. The SMILES string of the molecule is C=CCn1c(=O)n(CC=C)c(=O)n(CC(CC)OC(=O)c2ccc3cc4ccccc4cc3c2)c1=O. The highest BCUT2D eigenvalue weighted by Gasteiger charge is 2.21. The Hall–Kier alpha value is -4.46. The monoisotopic (exact) mass is 485 g/mol. The van der Waals surface area contributed by atoms with Crippen molar-refractivity contribution in [3.63, 3.8) is 0 Å². The van der Waals surface area contributed by atoms with Gasteiger partial charge in [0.25, 0.3) is 0 Å². The van der Waals surface area contributed by atoms with Crippen molar-refractivity contribution in [3.8, 4) is 0 Å². The fraction of sp³-hybridized carbons (Fsp3) is 0.214. The summed E-state index contributed by atoms with van der Waals surface area (Å²) in [5.74, 6) is -0.559. The standard InChI is InChI=1S/C28H27N3O5/c1-4-13-29-26(33)30(14-5-2)28(35)31(27(29)34)18-24(6-3)36-25(32)22-12-11-21-15-19-9-7-8-10-20(19)16-23(21)17-22/h4-5,7-12,15-17,24H,1-2,6,13-14,18H2,3H3. The number of ether oxygens (including phenoxy) is 1. The van der Waals surface area contributed by atoms with Crippen LogP contribution in [-0.2, 0) is 24.4 Å². The van der Waals surface area contributed by atoms with Crippen LogP contribution in [0.15, 0.2) is 94.3 Å². The first-order valence-electron chi connectivity index (χ1n) is 11.7. The molecule has 184 valence electrons. The molecular weight excluding hydrogens is 458 g/mol. The van der Waals surface area contributed by atoms with Gasteiger partial charge < -0.3 is 4.74 Å². The minimum atomic E-state index is -0.780. The lowest BCUT2D eigenvalue weighted by Crippen LogP contribution is -2.55. The molecule has 1 aromatic heterocycles. The molecule has 0 saturated carbocycles. The summed E-state index contributed by atoms with van der Waals surface area (Å²) in [6.07, 6.45) is 2.39. The van der Waals surface area contributed by atoms with Crippen LogP contribution in [0.1, 0.15) is 23.7 Å². The Morgan fingerprint density at radius 2 is 1.33 bits per heavy atom. The van der Waals surface area contributed by atoms with Gasteiger partial charge in [0.05, 0.1) is 25.2 Å². The van der Waals surface area contributed by atoms with Crippen molar-refractivity contribution in [1.82, 2.24) is 13.7 Å². The van der Waals surface area contributed by atoms with E-state index in [1.165, 1.54) is 12.2 Å². The third kappa shape index (κ3) is 4.70. The molecule has 0 radical (unpaired) electrons. The van der Waals surface area contributed by atoms with Gasteiger partial charge in [0.15, 0.2) is 0 Å². The van der Waals surface area contributed by atoms with Gasteiger partial charge in [-0.25, -0.2) is 32.9 Å². The molecule has 0 aliphatic rings. The van der Waals surface area contributed by atoms with Crippen molar-refractivity contribution in [2.45, 2.75) is 39.1 Å². The van der Waals surface area contributed by atoms with Crippen LogP contribution in [0, 0.1) is 0 Å². The van der Waals surface area contributed by atoms with Crippen molar-refractivity contribution < 1.29 is 9.53 Å². The number of carbonyl (C=O) groups is 1. The number of rotatable bonds is 9. The highest BCUT2D eigenvalue weighted by molar-refractivity contribution is 6.01. The van der Waals surface area contributed by atoms with Crippen molar-refractivity contribution in [3.05, 3.63) is 117 Å². The summed E-state index contributed by atoms with van der Waals surface area (Å²) in [5, 5.41) is 4.07. The maximum absolute atomic E-state index is 13.0. The predicted molar refractivity (Wildman–Crippen MR) is 141 cm³/mol. The van der Waals surface area contributed by atoms with Crippen LogP contribution in [0.25, 0.3) is 21.5 Å². The molecule has 0 aliphatic carbocycles. The fourth-order valence-electron chi connectivity index (χ4n) is 4.15. The van der Waals surface area contributed by atoms with Gasteiger partial charge in [-0.3, -0.25) is 0 Å². The molecule has 0 amide bonds. The second-order valence-electron chi connectivity index (χ2n) is 8.45. The summed E-state index contributed by atoms with van der Waals surface area (Å²) in [7, 11) is 0. The molecule has 4 rings (SSSR count). The molecular formula is C28H27N3O5. The number of carbonyl (C=O) groups excluding carboxylic acids is 1. The second kappa shape index (κ2) is 10.4. The van der Waals surface area contributed by atoms with Gasteiger partial charge in [-0.2, -0.15) is 0 Å². The van der Waals surface area contributed by atoms with E-state index in [9.17, 15) is 19.2 Å².